The first-order valence-corrected chi connectivity index (χ1v) is 8.59. The van der Waals surface area contributed by atoms with E-state index < -0.39 is 10.0 Å². The van der Waals surface area contributed by atoms with E-state index in [0.29, 0.717) is 11.4 Å². The van der Waals surface area contributed by atoms with Crippen LogP contribution in [0.2, 0.25) is 0 Å². The molecule has 0 saturated carbocycles. The van der Waals surface area contributed by atoms with Crippen LogP contribution in [0.3, 0.4) is 0 Å². The Kier molecular flexibility index (Phi) is 3.02. The third-order valence-electron chi connectivity index (χ3n) is 4.08. The lowest BCUT2D eigenvalue weighted by molar-refractivity contribution is 0.449. The maximum atomic E-state index is 12.7. The first-order chi connectivity index (χ1) is 10.7. The Labute approximate surface area is 128 Å². The van der Waals surface area contributed by atoms with Crippen LogP contribution in [-0.2, 0) is 10.0 Å². The summed E-state index contributed by atoms with van der Waals surface area (Å²) >= 11 is 0. The van der Waals surface area contributed by atoms with Gasteiger partial charge in [-0.25, -0.2) is 0 Å². The normalized spacial score (nSPS) is 15.8. The van der Waals surface area contributed by atoms with E-state index in [2.05, 4.69) is 10.4 Å². The highest BCUT2D eigenvalue weighted by molar-refractivity contribution is 7.90. The van der Waals surface area contributed by atoms with Crippen LogP contribution in [0.5, 0.6) is 0 Å². The molecule has 1 saturated heterocycles. The zero-order valence-electron chi connectivity index (χ0n) is 11.8. The van der Waals surface area contributed by atoms with Gasteiger partial charge in [-0.05, 0) is 29.8 Å². The van der Waals surface area contributed by atoms with Gasteiger partial charge in [0.1, 0.15) is 0 Å². The summed E-state index contributed by atoms with van der Waals surface area (Å²) in [6, 6.07) is 14.2. The number of hydrogen-bond acceptors (Lipinski definition) is 4. The van der Waals surface area contributed by atoms with E-state index in [9.17, 15) is 8.42 Å². The highest BCUT2D eigenvalue weighted by Crippen LogP contribution is 2.26. The molecule has 0 aliphatic carbocycles. The average molecular weight is 313 g/mol. The average Bonchev–Trinajstić information content (AvgIpc) is 2.90. The van der Waals surface area contributed by atoms with Gasteiger partial charge in [0.15, 0.2) is 0 Å². The molecule has 1 fully saturated rings. The van der Waals surface area contributed by atoms with Crippen LogP contribution < -0.4 is 5.32 Å². The number of rotatable bonds is 3. The molecule has 1 aromatic heterocycles. The number of hydrogen-bond donors (Lipinski definition) is 1. The van der Waals surface area contributed by atoms with Crippen molar-refractivity contribution in [2.45, 2.75) is 10.8 Å². The lowest BCUT2D eigenvalue weighted by atomic mass is 9.93. The highest BCUT2D eigenvalue weighted by Gasteiger charge is 2.22. The number of nitrogens with one attached hydrogen (secondary N) is 1. The molecule has 0 radical (unpaired) electrons. The van der Waals surface area contributed by atoms with Crippen molar-refractivity contribution in [1.29, 1.82) is 0 Å². The Morgan fingerprint density at radius 1 is 1.09 bits per heavy atom. The van der Waals surface area contributed by atoms with Crippen molar-refractivity contribution in [3.8, 4) is 0 Å². The zero-order chi connectivity index (χ0) is 15.2. The second kappa shape index (κ2) is 4.93. The Morgan fingerprint density at radius 3 is 2.55 bits per heavy atom. The van der Waals surface area contributed by atoms with Crippen LogP contribution >= 0.6 is 0 Å². The Balaban J connectivity index is 1.82. The minimum atomic E-state index is -3.65. The molecule has 6 heteroatoms. The first kappa shape index (κ1) is 13.5. The fraction of sp³-hybridized carbons (Fsp3) is 0.188. The van der Waals surface area contributed by atoms with Crippen LogP contribution in [0.1, 0.15) is 11.5 Å². The molecular weight excluding hydrogens is 298 g/mol. The maximum absolute atomic E-state index is 12.7. The minimum absolute atomic E-state index is 0.243. The van der Waals surface area contributed by atoms with E-state index >= 15 is 0 Å². The summed E-state index contributed by atoms with van der Waals surface area (Å²) in [6.07, 6.45) is 1.62. The number of benzene rings is 2. The van der Waals surface area contributed by atoms with Crippen molar-refractivity contribution >= 4 is 20.9 Å². The number of fused-ring (bicyclic) bond motifs is 1. The Bertz CT molecular complexity index is 928. The molecule has 5 nitrogen and oxygen atoms in total. The molecule has 22 heavy (non-hydrogen) atoms. The molecule has 0 atom stereocenters. The van der Waals surface area contributed by atoms with Crippen molar-refractivity contribution in [3.05, 3.63) is 60.3 Å². The van der Waals surface area contributed by atoms with Gasteiger partial charge in [0, 0.05) is 24.4 Å². The van der Waals surface area contributed by atoms with Gasteiger partial charge < -0.3 is 5.32 Å². The van der Waals surface area contributed by atoms with E-state index in [4.69, 9.17) is 0 Å². The summed E-state index contributed by atoms with van der Waals surface area (Å²) in [5, 5.41) is 8.19. The molecule has 1 aliphatic heterocycles. The third-order valence-corrected chi connectivity index (χ3v) is 5.70. The number of nitrogens with zero attached hydrogens (tertiary/aromatic N) is 2. The molecular formula is C16H15N3O2S. The summed E-state index contributed by atoms with van der Waals surface area (Å²) < 4.78 is 26.5. The fourth-order valence-corrected chi connectivity index (χ4v) is 3.99. The highest BCUT2D eigenvalue weighted by atomic mass is 32.2. The fourth-order valence-electron chi connectivity index (χ4n) is 2.69. The summed E-state index contributed by atoms with van der Waals surface area (Å²) in [6.45, 7) is 1.95. The van der Waals surface area contributed by atoms with E-state index in [1.807, 2.05) is 18.2 Å². The van der Waals surface area contributed by atoms with Crippen LogP contribution in [0.15, 0.2) is 59.6 Å². The van der Waals surface area contributed by atoms with Gasteiger partial charge in [-0.1, -0.05) is 24.3 Å². The van der Waals surface area contributed by atoms with Crippen molar-refractivity contribution in [1.82, 2.24) is 14.5 Å². The quantitative estimate of drug-likeness (QED) is 0.803. The van der Waals surface area contributed by atoms with Gasteiger partial charge >= 0.3 is 0 Å². The number of aromatic nitrogens is 2. The zero-order valence-corrected chi connectivity index (χ0v) is 12.6. The smallest absolute Gasteiger partial charge is 0.283 e. The second-order valence-corrected chi connectivity index (χ2v) is 7.25. The van der Waals surface area contributed by atoms with E-state index in [0.717, 1.165) is 22.6 Å². The largest absolute Gasteiger partial charge is 0.315 e. The van der Waals surface area contributed by atoms with Gasteiger partial charge in [0.25, 0.3) is 10.0 Å². The molecule has 3 aromatic rings. The molecule has 0 unspecified atom stereocenters. The Morgan fingerprint density at radius 2 is 1.86 bits per heavy atom. The summed E-state index contributed by atoms with van der Waals surface area (Å²) in [7, 11) is -3.65. The van der Waals surface area contributed by atoms with Crippen molar-refractivity contribution in [3.63, 3.8) is 0 Å². The molecule has 112 valence electrons. The van der Waals surface area contributed by atoms with E-state index in [1.165, 1.54) is 5.56 Å². The predicted molar refractivity (Wildman–Crippen MR) is 84.4 cm³/mol. The molecule has 2 aromatic carbocycles. The van der Waals surface area contributed by atoms with Crippen LogP contribution in [-0.4, -0.2) is 30.7 Å². The van der Waals surface area contributed by atoms with Crippen LogP contribution in [0.25, 0.3) is 10.9 Å². The summed E-state index contributed by atoms with van der Waals surface area (Å²) in [5.41, 5.74) is 1.84. The van der Waals surface area contributed by atoms with Gasteiger partial charge in [-0.3, -0.25) is 0 Å². The van der Waals surface area contributed by atoms with Gasteiger partial charge in [-0.15, -0.1) is 0 Å². The minimum Gasteiger partial charge on any atom is -0.315 e. The van der Waals surface area contributed by atoms with Gasteiger partial charge in [-0.2, -0.15) is 17.6 Å². The van der Waals surface area contributed by atoms with Crippen molar-refractivity contribution < 1.29 is 8.42 Å². The molecule has 1 aliphatic rings. The van der Waals surface area contributed by atoms with Gasteiger partial charge in [0.2, 0.25) is 0 Å². The van der Waals surface area contributed by atoms with Crippen molar-refractivity contribution in [2.75, 3.05) is 13.1 Å². The molecule has 0 bridgehead atoms. The molecule has 4 rings (SSSR count). The summed E-state index contributed by atoms with van der Waals surface area (Å²) in [5.74, 6) is 0.512. The van der Waals surface area contributed by atoms with E-state index in [-0.39, 0.29) is 4.90 Å². The van der Waals surface area contributed by atoms with Crippen LogP contribution in [0.4, 0.5) is 0 Å². The summed E-state index contributed by atoms with van der Waals surface area (Å²) in [4.78, 5) is 0.243. The predicted octanol–water partition coefficient (Wildman–Crippen LogP) is 1.96. The third kappa shape index (κ3) is 2.03. The first-order valence-electron chi connectivity index (χ1n) is 7.15. The molecule has 2 heterocycles. The maximum Gasteiger partial charge on any atom is 0.283 e. The topological polar surface area (TPSA) is 64.0 Å². The molecule has 0 amide bonds. The SMILES string of the molecule is O=S(=O)(c1ccccc1)n1ncc2cc(C3CNC3)ccc21. The Hall–Kier alpha value is -2.18. The monoisotopic (exact) mass is 313 g/mol. The lowest BCUT2D eigenvalue weighted by Gasteiger charge is -2.27. The van der Waals surface area contributed by atoms with Gasteiger partial charge in [0.05, 0.1) is 16.6 Å². The molecule has 0 spiro atoms. The molecule has 1 N–H and O–H groups in total. The van der Waals surface area contributed by atoms with Crippen LogP contribution in [0, 0.1) is 0 Å². The second-order valence-electron chi connectivity index (χ2n) is 5.48. The lowest BCUT2D eigenvalue weighted by Crippen LogP contribution is -2.39. The van der Waals surface area contributed by atoms with E-state index in [1.54, 1.807) is 36.5 Å². The van der Waals surface area contributed by atoms with Crippen molar-refractivity contribution in [2.24, 2.45) is 0 Å². The standard InChI is InChI=1S/C16H15N3O2S/c20-22(21,15-4-2-1-3-5-15)19-16-7-6-12(14-9-17-10-14)8-13(16)11-18-19/h1-8,11,14,17H,9-10H2.